The molecule has 0 spiro atoms. The maximum Gasteiger partial charge on any atom is 0.108 e. The molecule has 0 aliphatic rings. The minimum Gasteiger partial charge on any atom is -0.369 e. The third kappa shape index (κ3) is 23.0. The van der Waals surface area contributed by atoms with Gasteiger partial charge in [0.2, 0.25) is 0 Å². The van der Waals surface area contributed by atoms with Crippen LogP contribution in [0, 0.1) is 10.8 Å². The highest BCUT2D eigenvalue weighted by molar-refractivity contribution is 5.13. The molecule has 154 valence electrons. The standard InChI is InChI=1S/C14H25NO2.4C2H6/c1-6-9-13(8-3)12(5)17-14(10-15-16)11(4)7-2;4*1-2/h6,9,11-12,14H,1,7-8,10H2,2-5H3;4*1-2H3/b13-9+;;;;. The molecule has 0 aromatic rings. The summed E-state index contributed by atoms with van der Waals surface area (Å²) >= 11 is 0. The first-order valence-corrected chi connectivity index (χ1v) is 10.4. The Kier molecular flexibility index (Phi) is 48.4. The van der Waals surface area contributed by atoms with Gasteiger partial charge in [0.05, 0.1) is 12.2 Å². The van der Waals surface area contributed by atoms with Crippen molar-refractivity contribution in [2.75, 3.05) is 6.54 Å². The molecule has 0 N–H and O–H groups in total. The number of hydrogen-bond donors (Lipinski definition) is 0. The quantitative estimate of drug-likeness (QED) is 0.307. The van der Waals surface area contributed by atoms with Crippen molar-refractivity contribution in [1.29, 1.82) is 0 Å². The van der Waals surface area contributed by atoms with Gasteiger partial charge in [-0.1, -0.05) is 106 Å². The second-order valence-electron chi connectivity index (χ2n) is 4.34. The summed E-state index contributed by atoms with van der Waals surface area (Å²) in [5.41, 5.74) is 1.19. The van der Waals surface area contributed by atoms with E-state index < -0.39 is 0 Å². The zero-order valence-electron chi connectivity index (χ0n) is 19.5. The van der Waals surface area contributed by atoms with Gasteiger partial charge in [-0.2, -0.15) is 4.91 Å². The van der Waals surface area contributed by atoms with E-state index in [2.05, 4.69) is 32.5 Å². The molecule has 0 aliphatic carbocycles. The molecule has 3 heteroatoms. The number of hydrogen-bond acceptors (Lipinski definition) is 3. The number of nitrogens with zero attached hydrogens (tertiary/aromatic N) is 1. The van der Waals surface area contributed by atoms with E-state index in [1.807, 2.05) is 68.4 Å². The van der Waals surface area contributed by atoms with Crippen LogP contribution < -0.4 is 0 Å². The van der Waals surface area contributed by atoms with Crippen LogP contribution in [0.2, 0.25) is 0 Å². The first-order chi connectivity index (χ1) is 12.1. The molecule has 25 heavy (non-hydrogen) atoms. The topological polar surface area (TPSA) is 38.7 Å². The lowest BCUT2D eigenvalue weighted by Gasteiger charge is -2.26. The summed E-state index contributed by atoms with van der Waals surface area (Å²) in [6, 6.07) is 0. The molecule has 0 bridgehead atoms. The van der Waals surface area contributed by atoms with Gasteiger partial charge in [0.1, 0.15) is 6.54 Å². The number of allylic oxidation sites excluding steroid dienone is 2. The van der Waals surface area contributed by atoms with Crippen LogP contribution >= 0.6 is 0 Å². The fourth-order valence-electron chi connectivity index (χ4n) is 1.74. The zero-order chi connectivity index (χ0) is 21.3. The van der Waals surface area contributed by atoms with E-state index in [9.17, 15) is 4.91 Å². The van der Waals surface area contributed by atoms with Crippen molar-refractivity contribution >= 4 is 0 Å². The highest BCUT2D eigenvalue weighted by atomic mass is 16.5. The first kappa shape index (κ1) is 35.2. The van der Waals surface area contributed by atoms with Crippen LogP contribution in [0.25, 0.3) is 0 Å². The summed E-state index contributed by atoms with van der Waals surface area (Å²) in [6.45, 7) is 28.2. The molecule has 0 fully saturated rings. The molecular formula is C22H49NO2. The fourth-order valence-corrected chi connectivity index (χ4v) is 1.74. The van der Waals surface area contributed by atoms with Gasteiger partial charge in [0.25, 0.3) is 0 Å². The highest BCUT2D eigenvalue weighted by Gasteiger charge is 2.20. The smallest absolute Gasteiger partial charge is 0.108 e. The molecule has 0 radical (unpaired) electrons. The molecule has 0 aliphatic heterocycles. The monoisotopic (exact) mass is 359 g/mol. The van der Waals surface area contributed by atoms with E-state index >= 15 is 0 Å². The summed E-state index contributed by atoms with van der Waals surface area (Å²) in [5.74, 6) is 0.344. The first-order valence-electron chi connectivity index (χ1n) is 10.4. The Hall–Kier alpha value is -0.960. The Morgan fingerprint density at radius 1 is 1.00 bits per heavy atom. The molecule has 0 saturated heterocycles. The lowest BCUT2D eigenvalue weighted by Crippen LogP contribution is -2.29. The minimum absolute atomic E-state index is 0.0127. The van der Waals surface area contributed by atoms with Crippen LogP contribution in [0.5, 0.6) is 0 Å². The molecule has 0 aromatic heterocycles. The van der Waals surface area contributed by atoms with Gasteiger partial charge >= 0.3 is 0 Å². The molecule has 0 heterocycles. The predicted octanol–water partition coefficient (Wildman–Crippen LogP) is 8.20. The van der Waals surface area contributed by atoms with E-state index in [1.165, 1.54) is 5.57 Å². The lowest BCUT2D eigenvalue weighted by atomic mass is 10.0. The van der Waals surface area contributed by atoms with Gasteiger partial charge in [-0.05, 0) is 24.8 Å². The predicted molar refractivity (Wildman–Crippen MR) is 118 cm³/mol. The molecule has 0 amide bonds. The summed E-state index contributed by atoms with van der Waals surface area (Å²) in [5, 5.41) is 2.97. The fraction of sp³-hybridized carbons (Fsp3) is 0.818. The number of ether oxygens (including phenoxy) is 1. The van der Waals surface area contributed by atoms with Crippen molar-refractivity contribution in [1.82, 2.24) is 0 Å². The Morgan fingerprint density at radius 3 is 1.72 bits per heavy atom. The Labute approximate surface area is 160 Å². The van der Waals surface area contributed by atoms with E-state index in [4.69, 9.17) is 4.74 Å². The van der Waals surface area contributed by atoms with Gasteiger partial charge < -0.3 is 4.74 Å². The molecule has 3 atom stereocenters. The molecular weight excluding hydrogens is 310 g/mol. The third-order valence-electron chi connectivity index (χ3n) is 3.17. The maximum atomic E-state index is 10.4. The van der Waals surface area contributed by atoms with Crippen molar-refractivity contribution in [3.05, 3.63) is 29.2 Å². The molecule has 3 nitrogen and oxygen atoms in total. The largest absolute Gasteiger partial charge is 0.369 e. The normalized spacial score (nSPS) is 12.7. The van der Waals surface area contributed by atoms with E-state index in [1.54, 1.807) is 6.08 Å². The van der Waals surface area contributed by atoms with Gasteiger partial charge in [-0.3, -0.25) is 0 Å². The van der Waals surface area contributed by atoms with E-state index in [-0.39, 0.29) is 18.8 Å². The summed E-state index contributed by atoms with van der Waals surface area (Å²) in [4.78, 5) is 10.4. The number of rotatable bonds is 9. The molecule has 0 rings (SSSR count). The summed E-state index contributed by atoms with van der Waals surface area (Å²) in [7, 11) is 0. The SMILES string of the molecule is C=C/C=C(\CC)C(C)OC(CN=O)C(C)CC.CC.CC.CC.CC. The summed E-state index contributed by atoms with van der Waals surface area (Å²) < 4.78 is 5.94. The van der Waals surface area contributed by atoms with Crippen LogP contribution in [0.4, 0.5) is 0 Å². The Bertz CT molecular complexity index is 263. The summed E-state index contributed by atoms with van der Waals surface area (Å²) in [6.07, 6.45) is 5.59. The average molecular weight is 360 g/mol. The maximum absolute atomic E-state index is 10.4. The molecule has 0 aromatic carbocycles. The second-order valence-corrected chi connectivity index (χ2v) is 4.34. The van der Waals surface area contributed by atoms with Crippen LogP contribution in [-0.4, -0.2) is 18.8 Å². The zero-order valence-corrected chi connectivity index (χ0v) is 19.5. The molecule has 3 unspecified atom stereocenters. The lowest BCUT2D eigenvalue weighted by molar-refractivity contribution is -0.0103. The third-order valence-corrected chi connectivity index (χ3v) is 3.17. The molecule has 0 saturated carbocycles. The van der Waals surface area contributed by atoms with Crippen LogP contribution in [-0.2, 0) is 4.74 Å². The van der Waals surface area contributed by atoms with Crippen molar-refractivity contribution in [3.8, 4) is 0 Å². The van der Waals surface area contributed by atoms with Crippen molar-refractivity contribution in [2.24, 2.45) is 11.1 Å². The second kappa shape index (κ2) is 34.4. The van der Waals surface area contributed by atoms with Gasteiger partial charge in [0.15, 0.2) is 0 Å². The van der Waals surface area contributed by atoms with Crippen LogP contribution in [0.1, 0.15) is 95.9 Å². The van der Waals surface area contributed by atoms with Crippen LogP contribution in [0.15, 0.2) is 29.5 Å². The van der Waals surface area contributed by atoms with Crippen LogP contribution in [0.3, 0.4) is 0 Å². The Morgan fingerprint density at radius 2 is 1.44 bits per heavy atom. The average Bonchev–Trinajstić information content (AvgIpc) is 2.71. The number of nitroso groups, excluding NO2 is 1. The Balaban J connectivity index is -0.000000145. The van der Waals surface area contributed by atoms with Crippen molar-refractivity contribution in [2.45, 2.75) is 108 Å². The van der Waals surface area contributed by atoms with Gasteiger partial charge in [-0.15, -0.1) is 0 Å². The van der Waals surface area contributed by atoms with E-state index in [0.29, 0.717) is 5.92 Å². The highest BCUT2D eigenvalue weighted by Crippen LogP contribution is 2.19. The van der Waals surface area contributed by atoms with Crippen molar-refractivity contribution in [3.63, 3.8) is 0 Å². The minimum atomic E-state index is -0.0905. The van der Waals surface area contributed by atoms with E-state index in [0.717, 1.165) is 12.8 Å². The van der Waals surface area contributed by atoms with Crippen molar-refractivity contribution < 1.29 is 4.74 Å². The van der Waals surface area contributed by atoms with Gasteiger partial charge in [-0.25, -0.2) is 0 Å². The van der Waals surface area contributed by atoms with Gasteiger partial charge in [0, 0.05) is 0 Å².